The van der Waals surface area contributed by atoms with Crippen LogP contribution in [0, 0.1) is 0 Å². The molecule has 1 aromatic heterocycles. The molecule has 0 aliphatic carbocycles. The normalized spacial score (nSPS) is 13.2. The van der Waals surface area contributed by atoms with Crippen molar-refractivity contribution in [2.24, 2.45) is 0 Å². The van der Waals surface area contributed by atoms with Gasteiger partial charge in [-0.2, -0.15) is 5.10 Å². The molecule has 32 heavy (non-hydrogen) atoms. The van der Waals surface area contributed by atoms with Gasteiger partial charge in [-0.3, -0.25) is 9.69 Å². The summed E-state index contributed by atoms with van der Waals surface area (Å²) in [6.07, 6.45) is 0.343. The van der Waals surface area contributed by atoms with Crippen molar-refractivity contribution < 1.29 is 23.9 Å². The average Bonchev–Trinajstić information content (AvgIpc) is 3.41. The predicted octanol–water partition coefficient (Wildman–Crippen LogP) is 2.65. The Hall–Kier alpha value is -4.14. The summed E-state index contributed by atoms with van der Waals surface area (Å²) in [5.41, 5.74) is 2.55. The zero-order valence-electron chi connectivity index (χ0n) is 17.5. The molecule has 1 aliphatic heterocycles. The first kappa shape index (κ1) is 21.1. The number of nitrogens with zero attached hydrogens (tertiary/aromatic N) is 3. The van der Waals surface area contributed by atoms with Crippen molar-refractivity contribution >= 4 is 17.9 Å². The topological polar surface area (TPSA) is 103 Å². The smallest absolute Gasteiger partial charge is 0.358 e. The van der Waals surface area contributed by atoms with Crippen molar-refractivity contribution in [3.8, 4) is 22.7 Å². The van der Waals surface area contributed by atoms with Gasteiger partial charge in [0.15, 0.2) is 5.69 Å². The molecular weight excluding hydrogens is 412 g/mol. The van der Waals surface area contributed by atoms with Crippen LogP contribution in [-0.4, -0.2) is 59.4 Å². The maximum atomic E-state index is 12.6. The minimum absolute atomic E-state index is 0.00365. The van der Waals surface area contributed by atoms with Crippen LogP contribution < -0.4 is 10.1 Å². The summed E-state index contributed by atoms with van der Waals surface area (Å²) >= 11 is 0. The van der Waals surface area contributed by atoms with Crippen molar-refractivity contribution in [1.29, 1.82) is 0 Å². The van der Waals surface area contributed by atoms with E-state index in [2.05, 4.69) is 10.4 Å². The molecule has 3 aromatic rings. The molecule has 0 radical (unpaired) electrons. The summed E-state index contributed by atoms with van der Waals surface area (Å²) in [5, 5.41) is 6.91. The lowest BCUT2D eigenvalue weighted by atomic mass is 10.1. The van der Waals surface area contributed by atoms with E-state index in [0.29, 0.717) is 6.42 Å². The van der Waals surface area contributed by atoms with Gasteiger partial charge in [0.05, 0.1) is 31.6 Å². The lowest BCUT2D eigenvalue weighted by Gasteiger charge is -2.11. The number of rotatable bonds is 8. The van der Waals surface area contributed by atoms with Gasteiger partial charge in [0.25, 0.3) is 0 Å². The van der Waals surface area contributed by atoms with Gasteiger partial charge in [0, 0.05) is 12.1 Å². The second-order valence-electron chi connectivity index (χ2n) is 7.08. The minimum Gasteiger partial charge on any atom is -0.497 e. The summed E-state index contributed by atoms with van der Waals surface area (Å²) in [5.74, 6) is -0.136. The molecule has 1 fully saturated rings. The van der Waals surface area contributed by atoms with E-state index < -0.39 is 12.0 Å². The second-order valence-corrected chi connectivity index (χ2v) is 7.08. The van der Waals surface area contributed by atoms with Gasteiger partial charge in [-0.05, 0) is 48.9 Å². The molecule has 0 unspecified atom stereocenters. The minimum atomic E-state index is -0.577. The highest BCUT2D eigenvalue weighted by Gasteiger charge is 2.27. The third-order valence-electron chi connectivity index (χ3n) is 5.00. The lowest BCUT2D eigenvalue weighted by Crippen LogP contribution is -2.32. The molecule has 1 N–H and O–H groups in total. The number of carbonyl (C=O) groups is 3. The zero-order valence-corrected chi connectivity index (χ0v) is 17.5. The average molecular weight is 434 g/mol. The number of methoxy groups -OCH3 is 1. The Morgan fingerprint density at radius 3 is 2.50 bits per heavy atom. The van der Waals surface area contributed by atoms with Gasteiger partial charge in [-0.25, -0.2) is 14.3 Å². The van der Waals surface area contributed by atoms with Gasteiger partial charge in [0.1, 0.15) is 5.75 Å². The summed E-state index contributed by atoms with van der Waals surface area (Å²) in [7, 11) is 1.60. The van der Waals surface area contributed by atoms with Crippen molar-refractivity contribution in [3.05, 3.63) is 66.4 Å². The van der Waals surface area contributed by atoms with Crippen LogP contribution in [0.25, 0.3) is 16.9 Å². The molecule has 9 nitrogen and oxygen atoms in total. The molecule has 0 atom stereocenters. The first-order chi connectivity index (χ1) is 15.6. The number of esters is 1. The monoisotopic (exact) mass is 434 g/mol. The van der Waals surface area contributed by atoms with Gasteiger partial charge < -0.3 is 14.8 Å². The van der Waals surface area contributed by atoms with Crippen LogP contribution in [0.15, 0.2) is 60.7 Å². The Kier molecular flexibility index (Phi) is 6.16. The van der Waals surface area contributed by atoms with E-state index in [1.54, 1.807) is 17.9 Å². The lowest BCUT2D eigenvalue weighted by molar-refractivity contribution is -0.125. The van der Waals surface area contributed by atoms with Gasteiger partial charge >= 0.3 is 12.0 Å². The fraction of sp³-hybridized carbons (Fsp3) is 0.217. The highest BCUT2D eigenvalue weighted by molar-refractivity contribution is 6.01. The van der Waals surface area contributed by atoms with Crippen LogP contribution in [0.2, 0.25) is 0 Å². The molecular formula is C23H22N4O5. The van der Waals surface area contributed by atoms with E-state index in [0.717, 1.165) is 27.6 Å². The zero-order chi connectivity index (χ0) is 22.5. The number of para-hydroxylation sites is 1. The fourth-order valence-corrected chi connectivity index (χ4v) is 3.36. The Morgan fingerprint density at radius 2 is 1.84 bits per heavy atom. The maximum Gasteiger partial charge on any atom is 0.358 e. The molecule has 0 bridgehead atoms. The predicted molar refractivity (Wildman–Crippen MR) is 116 cm³/mol. The number of ether oxygens (including phenoxy) is 2. The first-order valence-corrected chi connectivity index (χ1v) is 10.1. The largest absolute Gasteiger partial charge is 0.497 e. The van der Waals surface area contributed by atoms with Crippen LogP contribution in [0.4, 0.5) is 4.79 Å². The summed E-state index contributed by atoms with van der Waals surface area (Å²) in [4.78, 5) is 36.9. The van der Waals surface area contributed by atoms with E-state index in [1.165, 1.54) is 0 Å². The number of amides is 3. The van der Waals surface area contributed by atoms with E-state index in [9.17, 15) is 14.4 Å². The summed E-state index contributed by atoms with van der Waals surface area (Å²) in [6, 6.07) is 18.2. The molecule has 9 heteroatoms. The molecule has 0 saturated carbocycles. The summed E-state index contributed by atoms with van der Waals surface area (Å²) in [6.45, 7) is 0.253. The Balaban J connectivity index is 1.49. The molecule has 4 rings (SSSR count). The molecule has 2 aromatic carbocycles. The van der Waals surface area contributed by atoms with Crippen LogP contribution in [-0.2, 0) is 9.53 Å². The third kappa shape index (κ3) is 4.46. The van der Waals surface area contributed by atoms with Crippen LogP contribution in [0.1, 0.15) is 16.9 Å². The molecule has 0 spiro atoms. The molecule has 3 amide bonds. The van der Waals surface area contributed by atoms with Crippen molar-refractivity contribution in [1.82, 2.24) is 20.0 Å². The molecule has 2 heterocycles. The summed E-state index contributed by atoms with van der Waals surface area (Å²) < 4.78 is 12.2. The number of benzene rings is 2. The van der Waals surface area contributed by atoms with Crippen molar-refractivity contribution in [3.63, 3.8) is 0 Å². The van der Waals surface area contributed by atoms with E-state index in [-0.39, 0.29) is 31.3 Å². The number of hydrogen-bond acceptors (Lipinski definition) is 6. The van der Waals surface area contributed by atoms with Gasteiger partial charge in [0.2, 0.25) is 5.91 Å². The maximum absolute atomic E-state index is 12.6. The van der Waals surface area contributed by atoms with Gasteiger partial charge in [-0.1, -0.05) is 18.2 Å². The van der Waals surface area contributed by atoms with Crippen LogP contribution in [0.3, 0.4) is 0 Å². The van der Waals surface area contributed by atoms with E-state index in [4.69, 9.17) is 9.47 Å². The Morgan fingerprint density at radius 1 is 1.09 bits per heavy atom. The van der Waals surface area contributed by atoms with E-state index >= 15 is 0 Å². The number of aromatic nitrogens is 2. The Labute approximate surface area is 184 Å². The van der Waals surface area contributed by atoms with Crippen molar-refractivity contribution in [2.45, 2.75) is 6.42 Å². The SMILES string of the molecule is COc1ccc(-c2cc(C(=O)OCCCN3C(=O)CNC3=O)nn2-c2ccccc2)cc1. The first-order valence-electron chi connectivity index (χ1n) is 10.1. The highest BCUT2D eigenvalue weighted by atomic mass is 16.5. The fourth-order valence-electron chi connectivity index (χ4n) is 3.36. The standard InChI is InChI=1S/C23H22N4O5/c1-31-18-10-8-16(9-11-18)20-14-19(25-27(20)17-6-3-2-4-7-17)22(29)32-13-5-12-26-21(28)15-24-23(26)30/h2-4,6-11,14H,5,12-13,15H2,1H3,(H,24,30). The number of urea groups is 1. The number of hydrogen-bond donors (Lipinski definition) is 1. The second kappa shape index (κ2) is 9.34. The Bertz CT molecular complexity index is 1110. The molecule has 164 valence electrons. The van der Waals surface area contributed by atoms with Crippen molar-refractivity contribution in [2.75, 3.05) is 26.8 Å². The van der Waals surface area contributed by atoms with Gasteiger partial charge in [-0.15, -0.1) is 0 Å². The third-order valence-corrected chi connectivity index (χ3v) is 5.00. The molecule has 1 aliphatic rings. The number of nitrogens with one attached hydrogen (secondary N) is 1. The van der Waals surface area contributed by atoms with Crippen LogP contribution >= 0.6 is 0 Å². The van der Waals surface area contributed by atoms with E-state index in [1.807, 2.05) is 54.6 Å². The van der Waals surface area contributed by atoms with Crippen LogP contribution in [0.5, 0.6) is 5.75 Å². The molecule has 1 saturated heterocycles. The quantitative estimate of drug-likeness (QED) is 0.332. The number of imide groups is 1. The number of carbonyl (C=O) groups excluding carboxylic acids is 3. The highest BCUT2D eigenvalue weighted by Crippen LogP contribution is 2.26.